The predicted molar refractivity (Wildman–Crippen MR) is 181 cm³/mol. The fraction of sp³-hybridized carbons (Fsp3) is 0.235. The molecule has 13 nitrogen and oxygen atoms in total. The molecule has 49 heavy (non-hydrogen) atoms. The average Bonchev–Trinajstić information content (AvgIpc) is 3.51. The minimum atomic E-state index is -4.26. The van der Waals surface area contributed by atoms with Gasteiger partial charge in [-0.2, -0.15) is 5.26 Å². The number of hydrogen-bond acceptors (Lipinski definition) is 12. The number of aryl methyl sites for hydroxylation is 1. The van der Waals surface area contributed by atoms with Crippen molar-refractivity contribution in [1.82, 2.24) is 15.1 Å². The van der Waals surface area contributed by atoms with E-state index in [2.05, 4.69) is 21.2 Å². The van der Waals surface area contributed by atoms with Crippen molar-refractivity contribution < 1.29 is 27.5 Å². The van der Waals surface area contributed by atoms with Crippen molar-refractivity contribution in [2.24, 2.45) is 0 Å². The van der Waals surface area contributed by atoms with Crippen molar-refractivity contribution in [2.45, 2.75) is 47.4 Å². The van der Waals surface area contributed by atoms with E-state index in [-0.39, 0.29) is 27.0 Å². The lowest BCUT2D eigenvalue weighted by Gasteiger charge is -2.32. The monoisotopic (exact) mass is 697 g/mol. The molecule has 15 heteroatoms. The number of aromatic nitrogens is 4. The third-order valence-corrected chi connectivity index (χ3v) is 10.4. The maximum Gasteiger partial charge on any atom is 0.415 e. The van der Waals surface area contributed by atoms with E-state index in [0.717, 1.165) is 17.5 Å². The summed E-state index contributed by atoms with van der Waals surface area (Å²) in [5.74, 6) is -0.161. The van der Waals surface area contributed by atoms with Crippen molar-refractivity contribution in [1.29, 1.82) is 5.26 Å². The van der Waals surface area contributed by atoms with E-state index in [9.17, 15) is 23.7 Å². The molecule has 6 rings (SSSR count). The summed E-state index contributed by atoms with van der Waals surface area (Å²) >= 11 is 1.17. The van der Waals surface area contributed by atoms with Gasteiger partial charge in [0.1, 0.15) is 17.7 Å². The maximum atomic E-state index is 13.2. The molecule has 1 saturated heterocycles. The Kier molecular flexibility index (Phi) is 10.1. The standard InChI is InChI=1S/C34H31N7O6S2/c1-2-23-10-9-13-25(20-23)36-29(42)22-48-34-37-30(24-11-5-3-6-12-24)28(21-35)31(38-34)40-18-16-26(17-19-40)46-32-33(41(43)47-39-32)49(44,45)27-14-7-4-8-15-27/h3-15,20,26H,2,16-19,22H2,1H3,(H,36,42). The van der Waals surface area contributed by atoms with Crippen LogP contribution in [0.2, 0.25) is 0 Å². The van der Waals surface area contributed by atoms with Crippen LogP contribution in [-0.2, 0) is 21.1 Å². The molecule has 0 aliphatic carbocycles. The van der Waals surface area contributed by atoms with Gasteiger partial charge in [-0.3, -0.25) is 9.42 Å². The smallest absolute Gasteiger partial charge is 0.415 e. The number of anilines is 2. The Morgan fingerprint density at radius 1 is 1.08 bits per heavy atom. The largest absolute Gasteiger partial charge is 0.451 e. The van der Waals surface area contributed by atoms with Crippen LogP contribution in [0.5, 0.6) is 5.88 Å². The number of thioether (sulfide) groups is 1. The second-order valence-electron chi connectivity index (χ2n) is 11.1. The second kappa shape index (κ2) is 14.8. The molecule has 0 bridgehead atoms. The fourth-order valence-corrected chi connectivity index (χ4v) is 7.32. The molecule has 5 aromatic rings. The highest BCUT2D eigenvalue weighted by molar-refractivity contribution is 7.99. The van der Waals surface area contributed by atoms with E-state index < -0.39 is 26.8 Å². The molecule has 1 fully saturated rings. The Morgan fingerprint density at radius 3 is 2.49 bits per heavy atom. The van der Waals surface area contributed by atoms with Crippen LogP contribution in [0.25, 0.3) is 11.3 Å². The van der Waals surface area contributed by atoms with Crippen LogP contribution in [0.3, 0.4) is 0 Å². The molecule has 0 unspecified atom stereocenters. The van der Waals surface area contributed by atoms with E-state index in [1.807, 2.05) is 66.4 Å². The van der Waals surface area contributed by atoms with Crippen molar-refractivity contribution in [2.75, 3.05) is 29.1 Å². The molecule has 250 valence electrons. The molecule has 2 aromatic heterocycles. The highest BCUT2D eigenvalue weighted by Crippen LogP contribution is 2.33. The fourth-order valence-electron chi connectivity index (χ4n) is 5.39. The number of piperidine rings is 1. The quantitative estimate of drug-likeness (QED) is 0.113. The van der Waals surface area contributed by atoms with Gasteiger partial charge in [-0.25, -0.2) is 18.4 Å². The molecule has 1 N–H and O–H groups in total. The minimum absolute atomic E-state index is 0.0530. The summed E-state index contributed by atoms with van der Waals surface area (Å²) in [4.78, 5) is 24.0. The van der Waals surface area contributed by atoms with Gasteiger partial charge in [-0.15, -0.1) is 0 Å². The maximum absolute atomic E-state index is 13.2. The molecular weight excluding hydrogens is 667 g/mol. The van der Waals surface area contributed by atoms with Crippen LogP contribution in [0, 0.1) is 16.5 Å². The van der Waals surface area contributed by atoms with Crippen LogP contribution < -0.4 is 19.9 Å². The number of nitriles is 1. The van der Waals surface area contributed by atoms with Gasteiger partial charge in [-0.05, 0) is 41.2 Å². The molecule has 0 radical (unpaired) electrons. The Morgan fingerprint density at radius 2 is 1.80 bits per heavy atom. The van der Waals surface area contributed by atoms with Gasteiger partial charge in [0, 0.05) is 37.2 Å². The summed E-state index contributed by atoms with van der Waals surface area (Å²) in [6.07, 6.45) is 1.14. The number of rotatable bonds is 11. The van der Waals surface area contributed by atoms with Gasteiger partial charge in [0.2, 0.25) is 5.91 Å². The number of carbonyl (C=O) groups is 1. The molecule has 1 aliphatic heterocycles. The van der Waals surface area contributed by atoms with E-state index >= 15 is 0 Å². The van der Waals surface area contributed by atoms with Gasteiger partial charge in [-0.1, -0.05) is 79.3 Å². The van der Waals surface area contributed by atoms with Gasteiger partial charge < -0.3 is 20.2 Å². The number of carbonyl (C=O) groups excluding carboxylic acids is 1. The number of amides is 1. The molecule has 3 aromatic carbocycles. The Balaban J connectivity index is 1.20. The summed E-state index contributed by atoms with van der Waals surface area (Å²) in [5.41, 5.74) is 3.29. The van der Waals surface area contributed by atoms with Crippen LogP contribution >= 0.6 is 11.8 Å². The van der Waals surface area contributed by atoms with Crippen LogP contribution in [0.15, 0.2) is 105 Å². The normalized spacial score (nSPS) is 13.5. The van der Waals surface area contributed by atoms with Crippen molar-refractivity contribution >= 4 is 39.0 Å². The molecule has 1 aliphatic rings. The first kappa shape index (κ1) is 33.4. The van der Waals surface area contributed by atoms with Crippen molar-refractivity contribution in [3.63, 3.8) is 0 Å². The van der Waals surface area contributed by atoms with Crippen LogP contribution in [-0.4, -0.2) is 54.4 Å². The SMILES string of the molecule is CCc1cccc(NC(=O)CSc2nc(-c3ccccc3)c(C#N)c(N3CCC(Oc4no[n+]([O-])c4S(=O)(=O)c4ccccc4)CC3)n2)c1. The molecule has 0 atom stereocenters. The first-order chi connectivity index (χ1) is 23.8. The molecule has 1 amide bonds. The Labute approximate surface area is 287 Å². The second-order valence-corrected chi connectivity index (χ2v) is 13.9. The van der Waals surface area contributed by atoms with Gasteiger partial charge in [0.15, 0.2) is 11.0 Å². The number of ether oxygens (including phenoxy) is 1. The zero-order valence-electron chi connectivity index (χ0n) is 26.4. The summed E-state index contributed by atoms with van der Waals surface area (Å²) in [6, 6.07) is 26.7. The van der Waals surface area contributed by atoms with Gasteiger partial charge in [0.05, 0.1) is 21.5 Å². The van der Waals surface area contributed by atoms with Crippen LogP contribution in [0.4, 0.5) is 11.5 Å². The van der Waals surface area contributed by atoms with Crippen LogP contribution in [0.1, 0.15) is 30.9 Å². The summed E-state index contributed by atoms with van der Waals surface area (Å²) in [6.45, 7) is 2.82. The lowest BCUT2D eigenvalue weighted by atomic mass is 10.0. The third-order valence-electron chi connectivity index (χ3n) is 7.85. The van der Waals surface area contributed by atoms with E-state index in [1.54, 1.807) is 18.2 Å². The average molecular weight is 698 g/mol. The van der Waals surface area contributed by atoms with Gasteiger partial charge in [0.25, 0.3) is 9.84 Å². The molecular formula is C34H31N7O6S2. The summed E-state index contributed by atoms with van der Waals surface area (Å²) < 4.78 is 37.0. The van der Waals surface area contributed by atoms with Crippen molar-refractivity contribution in [3.8, 4) is 23.2 Å². The first-order valence-electron chi connectivity index (χ1n) is 15.5. The van der Waals surface area contributed by atoms with Gasteiger partial charge >= 0.3 is 10.9 Å². The van der Waals surface area contributed by atoms with Crippen molar-refractivity contribution in [3.05, 3.63) is 101 Å². The Hall–Kier alpha value is -5.46. The molecule has 0 saturated carbocycles. The molecule has 3 heterocycles. The number of sulfone groups is 1. The summed E-state index contributed by atoms with van der Waals surface area (Å²) in [5, 5.41) is 28.8. The minimum Gasteiger partial charge on any atom is -0.451 e. The lowest BCUT2D eigenvalue weighted by Crippen LogP contribution is -2.39. The number of hydrogen-bond donors (Lipinski definition) is 1. The number of nitrogens with one attached hydrogen (secondary N) is 1. The third kappa shape index (κ3) is 7.50. The predicted octanol–water partition coefficient (Wildman–Crippen LogP) is 4.81. The topological polar surface area (TPSA) is 178 Å². The van der Waals surface area contributed by atoms with E-state index in [4.69, 9.17) is 14.7 Å². The number of nitrogens with zero attached hydrogens (tertiary/aromatic N) is 6. The van der Waals surface area contributed by atoms with E-state index in [0.29, 0.717) is 48.3 Å². The lowest BCUT2D eigenvalue weighted by molar-refractivity contribution is -0.832. The Bertz CT molecular complexity index is 2100. The zero-order valence-corrected chi connectivity index (χ0v) is 28.0. The molecule has 0 spiro atoms. The van der Waals surface area contributed by atoms with E-state index in [1.165, 1.54) is 23.9 Å². The highest BCUT2D eigenvalue weighted by atomic mass is 32.2. The number of benzene rings is 3. The first-order valence-corrected chi connectivity index (χ1v) is 17.9. The summed E-state index contributed by atoms with van der Waals surface area (Å²) in [7, 11) is -4.26. The highest BCUT2D eigenvalue weighted by Gasteiger charge is 2.38. The zero-order chi connectivity index (χ0) is 34.4.